The Hall–Kier alpha value is -5.04. The Morgan fingerprint density at radius 2 is 1.96 bits per heavy atom. The van der Waals surface area contributed by atoms with Crippen LogP contribution in [0.5, 0.6) is 6.01 Å². The molecule has 0 bridgehead atoms. The van der Waals surface area contributed by atoms with Crippen LogP contribution in [-0.2, 0) is 11.8 Å². The van der Waals surface area contributed by atoms with E-state index in [0.29, 0.717) is 24.3 Å². The monoisotopic (exact) mass is 621 g/mol. The van der Waals surface area contributed by atoms with Crippen LogP contribution < -0.4 is 20.3 Å². The molecule has 2 aliphatic rings. The molecule has 0 spiro atoms. The Balaban J connectivity index is 0.991. The van der Waals surface area contributed by atoms with Crippen molar-refractivity contribution in [1.82, 2.24) is 39.6 Å². The highest BCUT2D eigenvalue weighted by Gasteiger charge is 2.27. The van der Waals surface area contributed by atoms with Gasteiger partial charge in [0, 0.05) is 74.5 Å². The highest BCUT2D eigenvalue weighted by atomic mass is 16.5. The number of benzene rings is 1. The predicted molar refractivity (Wildman–Crippen MR) is 177 cm³/mol. The lowest BCUT2D eigenvalue weighted by Gasteiger charge is -2.27. The molecule has 13 heteroatoms. The average Bonchev–Trinajstić information content (AvgIpc) is 3.77. The van der Waals surface area contributed by atoms with Crippen molar-refractivity contribution in [2.45, 2.75) is 45.6 Å². The van der Waals surface area contributed by atoms with Crippen LogP contribution in [0.1, 0.15) is 36.9 Å². The summed E-state index contributed by atoms with van der Waals surface area (Å²) in [5.74, 6) is 1.99. The van der Waals surface area contributed by atoms with E-state index < -0.39 is 0 Å². The van der Waals surface area contributed by atoms with Crippen LogP contribution in [0.4, 0.5) is 23.3 Å². The van der Waals surface area contributed by atoms with Crippen LogP contribution in [0.3, 0.4) is 0 Å². The highest BCUT2D eigenvalue weighted by molar-refractivity contribution is 6.06. The number of aryl methyl sites for hydroxylation is 3. The summed E-state index contributed by atoms with van der Waals surface area (Å²) in [5.41, 5.74) is 5.26. The van der Waals surface area contributed by atoms with E-state index in [-0.39, 0.29) is 18.6 Å². The Morgan fingerprint density at radius 3 is 2.78 bits per heavy atom. The number of piperidine rings is 1. The van der Waals surface area contributed by atoms with Crippen LogP contribution in [0.25, 0.3) is 22.2 Å². The van der Waals surface area contributed by atoms with Crippen LogP contribution >= 0.6 is 0 Å². The first-order chi connectivity index (χ1) is 22.4. The molecule has 1 atom stereocenters. The summed E-state index contributed by atoms with van der Waals surface area (Å²) in [6.45, 7) is 7.69. The summed E-state index contributed by atoms with van der Waals surface area (Å²) in [5, 5.41) is 11.7. The zero-order valence-corrected chi connectivity index (χ0v) is 26.5. The summed E-state index contributed by atoms with van der Waals surface area (Å²) in [6, 6.07) is 10.2. The fourth-order valence-corrected chi connectivity index (χ4v) is 6.23. The van der Waals surface area contributed by atoms with Crippen molar-refractivity contribution in [3.63, 3.8) is 0 Å². The Kier molecular flexibility index (Phi) is 8.22. The molecule has 1 unspecified atom stereocenters. The molecular formula is C33H39N11O2. The third-order valence-corrected chi connectivity index (χ3v) is 8.74. The van der Waals surface area contributed by atoms with Gasteiger partial charge in [0.05, 0.1) is 23.4 Å². The lowest BCUT2D eigenvalue weighted by atomic mass is 10.1. The zero-order chi connectivity index (χ0) is 31.6. The van der Waals surface area contributed by atoms with Crippen molar-refractivity contribution >= 4 is 40.1 Å². The van der Waals surface area contributed by atoms with Gasteiger partial charge >= 0.3 is 6.01 Å². The standard InChI is InChI=1S/C33H39N11O2/c1-21-17-36-32(38-27-16-22(2)42(3)41-27)40-30(21)25-18-35-31-24(25)8-7-9-26(31)37-29(45)20-43-15-11-23(19-43)46-33-34-12-10-28(39-33)44-13-5-4-6-14-44/h7-10,12,16-18,23,35H,4-6,11,13-15,19-20H2,1-3H3,(H,37,45)(H,36,38,40,41). The molecule has 5 aromatic rings. The minimum absolute atomic E-state index is 0.0593. The average molecular weight is 622 g/mol. The molecule has 1 amide bonds. The second kappa shape index (κ2) is 12.8. The first-order valence-corrected chi connectivity index (χ1v) is 15.9. The molecule has 46 heavy (non-hydrogen) atoms. The number of para-hydroxylation sites is 1. The first-order valence-electron chi connectivity index (χ1n) is 15.9. The number of aromatic nitrogens is 7. The predicted octanol–water partition coefficient (Wildman–Crippen LogP) is 4.59. The van der Waals surface area contributed by atoms with E-state index in [9.17, 15) is 4.79 Å². The number of carbonyl (C=O) groups is 1. The van der Waals surface area contributed by atoms with Crippen molar-refractivity contribution in [2.24, 2.45) is 7.05 Å². The molecule has 238 valence electrons. The van der Waals surface area contributed by atoms with Gasteiger partial charge in [-0.15, -0.1) is 0 Å². The van der Waals surface area contributed by atoms with Gasteiger partial charge in [0.15, 0.2) is 5.82 Å². The number of aromatic amines is 1. The molecule has 2 aliphatic heterocycles. The molecule has 13 nitrogen and oxygen atoms in total. The number of carbonyl (C=O) groups excluding carboxylic acids is 1. The van der Waals surface area contributed by atoms with Crippen molar-refractivity contribution in [1.29, 1.82) is 0 Å². The van der Waals surface area contributed by atoms with Gasteiger partial charge in [-0.3, -0.25) is 14.4 Å². The number of ether oxygens (including phenoxy) is 1. The maximum atomic E-state index is 13.2. The number of hydrogen-bond acceptors (Lipinski definition) is 10. The molecule has 0 saturated carbocycles. The quantitative estimate of drug-likeness (QED) is 0.214. The largest absolute Gasteiger partial charge is 0.459 e. The Morgan fingerprint density at radius 1 is 1.09 bits per heavy atom. The topological polar surface area (TPSA) is 142 Å². The molecule has 4 aromatic heterocycles. The third-order valence-electron chi connectivity index (χ3n) is 8.74. The van der Waals surface area contributed by atoms with Gasteiger partial charge in [-0.1, -0.05) is 12.1 Å². The van der Waals surface area contributed by atoms with E-state index in [4.69, 9.17) is 9.72 Å². The van der Waals surface area contributed by atoms with Crippen LogP contribution in [0.15, 0.2) is 48.9 Å². The highest BCUT2D eigenvalue weighted by Crippen LogP contribution is 2.33. The molecule has 2 saturated heterocycles. The summed E-state index contributed by atoms with van der Waals surface area (Å²) in [7, 11) is 1.90. The maximum absolute atomic E-state index is 13.2. The van der Waals surface area contributed by atoms with Crippen molar-refractivity contribution in [2.75, 3.05) is 48.3 Å². The number of anilines is 4. The van der Waals surface area contributed by atoms with E-state index in [0.717, 1.165) is 71.0 Å². The second-order valence-electron chi connectivity index (χ2n) is 12.1. The Bertz CT molecular complexity index is 1840. The van der Waals surface area contributed by atoms with Gasteiger partial charge < -0.3 is 25.3 Å². The number of fused-ring (bicyclic) bond motifs is 1. The fourth-order valence-electron chi connectivity index (χ4n) is 6.23. The van der Waals surface area contributed by atoms with Crippen molar-refractivity contribution in [3.05, 3.63) is 60.2 Å². The van der Waals surface area contributed by atoms with Gasteiger partial charge in [0.2, 0.25) is 11.9 Å². The van der Waals surface area contributed by atoms with Gasteiger partial charge in [-0.25, -0.2) is 15.0 Å². The number of nitrogens with one attached hydrogen (secondary N) is 3. The Labute approximate surface area is 267 Å². The molecule has 7 rings (SSSR count). The van der Waals surface area contributed by atoms with Crippen LogP contribution in [0, 0.1) is 13.8 Å². The normalized spacial score (nSPS) is 17.0. The van der Waals surface area contributed by atoms with Crippen LogP contribution in [-0.4, -0.2) is 84.3 Å². The van der Waals surface area contributed by atoms with E-state index in [1.54, 1.807) is 17.1 Å². The van der Waals surface area contributed by atoms with E-state index in [1.165, 1.54) is 19.3 Å². The van der Waals surface area contributed by atoms with Gasteiger partial charge in [0.25, 0.3) is 0 Å². The van der Waals surface area contributed by atoms with E-state index in [2.05, 4.69) is 45.5 Å². The van der Waals surface area contributed by atoms with E-state index in [1.807, 2.05) is 57.4 Å². The second-order valence-corrected chi connectivity index (χ2v) is 12.1. The van der Waals surface area contributed by atoms with Gasteiger partial charge in [0.1, 0.15) is 11.9 Å². The lowest BCUT2D eigenvalue weighted by molar-refractivity contribution is -0.117. The minimum atomic E-state index is -0.0806. The third kappa shape index (κ3) is 6.36. The van der Waals surface area contributed by atoms with Gasteiger partial charge in [-0.05, 0) is 57.2 Å². The molecular weight excluding hydrogens is 582 g/mol. The fraction of sp³-hybridized carbons (Fsp3) is 0.394. The molecule has 6 heterocycles. The zero-order valence-electron chi connectivity index (χ0n) is 26.5. The lowest BCUT2D eigenvalue weighted by Crippen LogP contribution is -2.33. The summed E-state index contributed by atoms with van der Waals surface area (Å²) < 4.78 is 7.95. The number of rotatable bonds is 9. The smallest absolute Gasteiger partial charge is 0.318 e. The van der Waals surface area contributed by atoms with Crippen LogP contribution in [0.2, 0.25) is 0 Å². The summed E-state index contributed by atoms with van der Waals surface area (Å²) >= 11 is 0. The number of likely N-dealkylation sites (tertiary alicyclic amines) is 1. The molecule has 2 fully saturated rings. The number of nitrogens with zero attached hydrogens (tertiary/aromatic N) is 8. The number of H-pyrrole nitrogens is 1. The van der Waals surface area contributed by atoms with Crippen molar-refractivity contribution < 1.29 is 9.53 Å². The number of hydrogen-bond donors (Lipinski definition) is 3. The van der Waals surface area contributed by atoms with E-state index >= 15 is 0 Å². The molecule has 0 radical (unpaired) electrons. The van der Waals surface area contributed by atoms with Crippen molar-refractivity contribution in [3.8, 4) is 17.3 Å². The number of amides is 1. The maximum Gasteiger partial charge on any atom is 0.318 e. The summed E-state index contributed by atoms with van der Waals surface area (Å²) in [4.78, 5) is 39.3. The van der Waals surface area contributed by atoms with Gasteiger partial charge in [-0.2, -0.15) is 10.1 Å². The first kappa shape index (κ1) is 29.7. The SMILES string of the molecule is Cc1cnc(Nc2cc(C)n(C)n2)nc1-c1c[nH]c2c(NC(=O)CN3CCC(Oc4nccc(N5CCCCC5)n4)C3)cccc12. The molecule has 0 aliphatic carbocycles. The molecule has 1 aromatic carbocycles. The minimum Gasteiger partial charge on any atom is -0.459 e. The molecule has 3 N–H and O–H groups in total. The summed E-state index contributed by atoms with van der Waals surface area (Å²) in [6.07, 6.45) is 9.89.